The standard InChI is InChI=1S/C6H13N3/c1-4(2)5(7)3-6(8)9/h3-4H,7H2,1-2H3,(H3,8,9)/b5-3-. The van der Waals surface area contributed by atoms with Gasteiger partial charge in [-0.05, 0) is 12.0 Å². The molecule has 0 aromatic heterocycles. The number of amidine groups is 1. The summed E-state index contributed by atoms with van der Waals surface area (Å²) < 4.78 is 0. The van der Waals surface area contributed by atoms with Crippen LogP contribution in [0.25, 0.3) is 0 Å². The molecule has 0 fully saturated rings. The van der Waals surface area contributed by atoms with Crippen LogP contribution in [-0.4, -0.2) is 5.84 Å². The van der Waals surface area contributed by atoms with Gasteiger partial charge in [-0.3, -0.25) is 5.41 Å². The molecule has 52 valence electrons. The zero-order chi connectivity index (χ0) is 7.44. The zero-order valence-electron chi connectivity index (χ0n) is 5.81. The summed E-state index contributed by atoms with van der Waals surface area (Å²) in [6.45, 7) is 3.91. The van der Waals surface area contributed by atoms with E-state index in [-0.39, 0.29) is 11.8 Å². The van der Waals surface area contributed by atoms with Gasteiger partial charge in [0.05, 0.1) is 0 Å². The molecule has 0 aromatic carbocycles. The normalized spacial score (nSPS) is 12.1. The van der Waals surface area contributed by atoms with Crippen LogP contribution in [-0.2, 0) is 0 Å². The van der Waals surface area contributed by atoms with Crippen molar-refractivity contribution in [3.63, 3.8) is 0 Å². The first-order valence-corrected chi connectivity index (χ1v) is 2.85. The summed E-state index contributed by atoms with van der Waals surface area (Å²) >= 11 is 0. The van der Waals surface area contributed by atoms with Gasteiger partial charge >= 0.3 is 0 Å². The van der Waals surface area contributed by atoms with Crippen LogP contribution in [0.3, 0.4) is 0 Å². The van der Waals surface area contributed by atoms with Crippen LogP contribution in [0, 0.1) is 11.3 Å². The van der Waals surface area contributed by atoms with Crippen LogP contribution >= 0.6 is 0 Å². The third-order valence-electron chi connectivity index (χ3n) is 0.989. The average molecular weight is 127 g/mol. The Labute approximate surface area is 55.2 Å². The molecule has 0 saturated carbocycles. The Morgan fingerprint density at radius 1 is 1.44 bits per heavy atom. The van der Waals surface area contributed by atoms with Crippen LogP contribution in [0.15, 0.2) is 11.8 Å². The summed E-state index contributed by atoms with van der Waals surface area (Å²) in [6.07, 6.45) is 1.46. The minimum atomic E-state index is 0.0150. The summed E-state index contributed by atoms with van der Waals surface area (Å²) in [5.41, 5.74) is 11.2. The first kappa shape index (κ1) is 8.01. The van der Waals surface area contributed by atoms with E-state index >= 15 is 0 Å². The molecular formula is C6H13N3. The van der Waals surface area contributed by atoms with Crippen molar-refractivity contribution in [3.05, 3.63) is 11.8 Å². The maximum Gasteiger partial charge on any atom is 0.117 e. The quantitative estimate of drug-likeness (QED) is 0.371. The molecule has 0 unspecified atom stereocenters. The van der Waals surface area contributed by atoms with E-state index in [0.717, 1.165) is 0 Å². The first-order valence-electron chi connectivity index (χ1n) is 2.85. The van der Waals surface area contributed by atoms with Gasteiger partial charge in [-0.25, -0.2) is 0 Å². The third-order valence-corrected chi connectivity index (χ3v) is 0.989. The van der Waals surface area contributed by atoms with Crippen molar-refractivity contribution in [2.75, 3.05) is 0 Å². The van der Waals surface area contributed by atoms with E-state index in [1.165, 1.54) is 6.08 Å². The molecule has 0 aliphatic carbocycles. The molecule has 0 aliphatic heterocycles. The Hall–Kier alpha value is -0.990. The molecule has 0 atom stereocenters. The third kappa shape index (κ3) is 3.58. The number of hydrogen-bond donors (Lipinski definition) is 3. The van der Waals surface area contributed by atoms with E-state index in [2.05, 4.69) is 0 Å². The lowest BCUT2D eigenvalue weighted by Crippen LogP contribution is -2.12. The Kier molecular flexibility index (Phi) is 2.78. The fraction of sp³-hybridized carbons (Fsp3) is 0.500. The molecule has 0 aliphatic rings. The van der Waals surface area contributed by atoms with Crippen molar-refractivity contribution >= 4 is 5.84 Å². The Morgan fingerprint density at radius 3 is 2.00 bits per heavy atom. The van der Waals surface area contributed by atoms with E-state index in [0.29, 0.717) is 5.70 Å². The summed E-state index contributed by atoms with van der Waals surface area (Å²) in [5, 5.41) is 6.84. The molecule has 0 amide bonds. The summed E-state index contributed by atoms with van der Waals surface area (Å²) in [7, 11) is 0. The van der Waals surface area contributed by atoms with Crippen LogP contribution in [0.5, 0.6) is 0 Å². The SMILES string of the molecule is CC(C)/C(N)=C/C(=N)N. The largest absolute Gasteiger partial charge is 0.402 e. The maximum absolute atomic E-state index is 6.84. The second-order valence-electron chi connectivity index (χ2n) is 2.25. The monoisotopic (exact) mass is 127 g/mol. The highest BCUT2D eigenvalue weighted by Crippen LogP contribution is 1.99. The zero-order valence-corrected chi connectivity index (χ0v) is 5.81. The second-order valence-corrected chi connectivity index (χ2v) is 2.25. The molecule has 5 N–H and O–H groups in total. The highest BCUT2D eigenvalue weighted by Gasteiger charge is 1.95. The lowest BCUT2D eigenvalue weighted by molar-refractivity contribution is 0.758. The fourth-order valence-electron chi connectivity index (χ4n) is 0.346. The van der Waals surface area contributed by atoms with Crippen LogP contribution < -0.4 is 11.5 Å². The predicted molar refractivity (Wildman–Crippen MR) is 39.0 cm³/mol. The summed E-state index contributed by atoms with van der Waals surface area (Å²) in [4.78, 5) is 0. The van der Waals surface area contributed by atoms with Gasteiger partial charge in [0.2, 0.25) is 0 Å². The van der Waals surface area contributed by atoms with Crippen molar-refractivity contribution < 1.29 is 0 Å². The molecular weight excluding hydrogens is 114 g/mol. The molecule has 9 heavy (non-hydrogen) atoms. The highest BCUT2D eigenvalue weighted by atomic mass is 14.7. The summed E-state index contributed by atoms with van der Waals surface area (Å²) in [6, 6.07) is 0. The first-order chi connectivity index (χ1) is 4.04. The Morgan fingerprint density at radius 2 is 1.89 bits per heavy atom. The van der Waals surface area contributed by atoms with Gasteiger partial charge in [0, 0.05) is 5.70 Å². The summed E-state index contributed by atoms with van der Waals surface area (Å²) in [5.74, 6) is 0.287. The van der Waals surface area contributed by atoms with Gasteiger partial charge < -0.3 is 11.5 Å². The van der Waals surface area contributed by atoms with Gasteiger partial charge in [0.25, 0.3) is 0 Å². The van der Waals surface area contributed by atoms with Crippen molar-refractivity contribution in [1.29, 1.82) is 5.41 Å². The van der Waals surface area contributed by atoms with Crippen molar-refractivity contribution in [2.24, 2.45) is 17.4 Å². The van der Waals surface area contributed by atoms with Crippen LogP contribution in [0.4, 0.5) is 0 Å². The van der Waals surface area contributed by atoms with E-state index in [4.69, 9.17) is 16.9 Å². The number of hydrogen-bond acceptors (Lipinski definition) is 2. The molecule has 0 radical (unpaired) electrons. The molecule has 0 saturated heterocycles. The van der Waals surface area contributed by atoms with E-state index in [9.17, 15) is 0 Å². The van der Waals surface area contributed by atoms with Crippen LogP contribution in [0.2, 0.25) is 0 Å². The lowest BCUT2D eigenvalue weighted by atomic mass is 10.1. The molecule has 0 bridgehead atoms. The minimum Gasteiger partial charge on any atom is -0.402 e. The molecule has 3 heteroatoms. The van der Waals surface area contributed by atoms with Gasteiger partial charge in [0.1, 0.15) is 5.84 Å². The smallest absolute Gasteiger partial charge is 0.117 e. The molecule has 3 nitrogen and oxygen atoms in total. The van der Waals surface area contributed by atoms with Gasteiger partial charge in [-0.2, -0.15) is 0 Å². The highest BCUT2D eigenvalue weighted by molar-refractivity contribution is 5.89. The van der Waals surface area contributed by atoms with E-state index < -0.39 is 0 Å². The average Bonchev–Trinajstić information content (AvgIpc) is 1.63. The van der Waals surface area contributed by atoms with Crippen molar-refractivity contribution in [3.8, 4) is 0 Å². The Balaban J connectivity index is 4.00. The van der Waals surface area contributed by atoms with Crippen LogP contribution in [0.1, 0.15) is 13.8 Å². The van der Waals surface area contributed by atoms with Crippen molar-refractivity contribution in [2.45, 2.75) is 13.8 Å². The van der Waals surface area contributed by atoms with Gasteiger partial charge in [0.15, 0.2) is 0 Å². The lowest BCUT2D eigenvalue weighted by Gasteiger charge is -2.02. The number of nitrogens with two attached hydrogens (primary N) is 2. The van der Waals surface area contributed by atoms with E-state index in [1.807, 2.05) is 13.8 Å². The van der Waals surface area contributed by atoms with E-state index in [1.54, 1.807) is 0 Å². The molecule has 0 rings (SSSR count). The predicted octanol–water partition coefficient (Wildman–Crippen LogP) is 0.421. The number of nitrogens with one attached hydrogen (secondary N) is 1. The second kappa shape index (κ2) is 3.12. The van der Waals surface area contributed by atoms with Gasteiger partial charge in [-0.1, -0.05) is 13.8 Å². The molecule has 0 heterocycles. The molecule has 0 aromatic rings. The molecule has 0 spiro atoms. The fourth-order valence-corrected chi connectivity index (χ4v) is 0.346. The number of allylic oxidation sites excluding steroid dienone is 1. The minimum absolute atomic E-state index is 0.0150. The number of rotatable bonds is 2. The topological polar surface area (TPSA) is 75.9 Å². The van der Waals surface area contributed by atoms with Gasteiger partial charge in [-0.15, -0.1) is 0 Å². The van der Waals surface area contributed by atoms with Crippen molar-refractivity contribution in [1.82, 2.24) is 0 Å². The Bertz CT molecular complexity index is 135. The maximum atomic E-state index is 6.84.